The summed E-state index contributed by atoms with van der Waals surface area (Å²) in [7, 11) is -2.26. The molecule has 0 radical (unpaired) electrons. The highest BCUT2D eigenvalue weighted by Crippen LogP contribution is 2.26. The van der Waals surface area contributed by atoms with E-state index in [4.69, 9.17) is 4.74 Å². The maximum atomic E-state index is 14.3. The number of aromatic nitrogens is 3. The zero-order chi connectivity index (χ0) is 19.4. The molecule has 28 heavy (non-hydrogen) atoms. The smallest absolute Gasteiger partial charge is 0.225 e. The number of para-hydroxylation sites is 1. The number of hydrogen-bond acceptors (Lipinski definition) is 6. The van der Waals surface area contributed by atoms with E-state index in [2.05, 4.69) is 15.4 Å². The molecule has 0 fully saturated rings. The first-order valence-corrected chi connectivity index (χ1v) is 9.78. The van der Waals surface area contributed by atoms with Crippen LogP contribution >= 0.6 is 12.4 Å². The van der Waals surface area contributed by atoms with Crippen LogP contribution in [0.15, 0.2) is 58.6 Å². The van der Waals surface area contributed by atoms with Crippen molar-refractivity contribution in [1.29, 1.82) is 0 Å². The van der Waals surface area contributed by atoms with Crippen molar-refractivity contribution in [2.24, 2.45) is 0 Å². The molecule has 0 spiro atoms. The molecule has 3 aromatic rings. The second-order valence-electron chi connectivity index (χ2n) is 5.64. The van der Waals surface area contributed by atoms with Crippen LogP contribution < -0.4 is 10.1 Å². The van der Waals surface area contributed by atoms with Crippen LogP contribution in [-0.2, 0) is 16.4 Å². The van der Waals surface area contributed by atoms with Crippen molar-refractivity contribution in [1.82, 2.24) is 20.1 Å². The van der Waals surface area contributed by atoms with Crippen LogP contribution in [0.4, 0.5) is 4.39 Å². The molecule has 7 nitrogen and oxygen atoms in total. The minimum absolute atomic E-state index is 0. The fourth-order valence-electron chi connectivity index (χ4n) is 2.54. The van der Waals surface area contributed by atoms with E-state index in [9.17, 15) is 12.8 Å². The summed E-state index contributed by atoms with van der Waals surface area (Å²) >= 11 is 0. The summed E-state index contributed by atoms with van der Waals surface area (Å²) in [6.45, 7) is 2.57. The van der Waals surface area contributed by atoms with Crippen LogP contribution in [0.25, 0.3) is 5.69 Å². The monoisotopic (exact) mass is 426 g/mol. The summed E-state index contributed by atoms with van der Waals surface area (Å²) in [4.78, 5) is 3.98. The van der Waals surface area contributed by atoms with Crippen molar-refractivity contribution in [3.8, 4) is 11.6 Å². The van der Waals surface area contributed by atoms with Gasteiger partial charge in [0.25, 0.3) is 0 Å². The molecule has 0 unspecified atom stereocenters. The predicted molar refractivity (Wildman–Crippen MR) is 104 cm³/mol. The van der Waals surface area contributed by atoms with Gasteiger partial charge < -0.3 is 10.1 Å². The molecular weight excluding hydrogens is 407 g/mol. The van der Waals surface area contributed by atoms with E-state index in [-0.39, 0.29) is 28.0 Å². The fourth-order valence-corrected chi connectivity index (χ4v) is 3.88. The van der Waals surface area contributed by atoms with Gasteiger partial charge in [-0.1, -0.05) is 12.1 Å². The van der Waals surface area contributed by atoms with E-state index in [1.54, 1.807) is 13.1 Å². The van der Waals surface area contributed by atoms with Gasteiger partial charge in [-0.15, -0.1) is 12.4 Å². The Morgan fingerprint density at radius 2 is 1.96 bits per heavy atom. The SMILES string of the molecule is CCOc1ccc(S(=O)(=O)c2cc(CNC)nn2-c2ccccc2F)cn1.Cl. The van der Waals surface area contributed by atoms with E-state index in [1.165, 1.54) is 42.6 Å². The summed E-state index contributed by atoms with van der Waals surface area (Å²) in [6.07, 6.45) is 1.22. The molecule has 0 aliphatic rings. The van der Waals surface area contributed by atoms with Gasteiger partial charge in [0, 0.05) is 24.9 Å². The number of sulfone groups is 1. The number of ether oxygens (including phenoxy) is 1. The first kappa shape index (κ1) is 21.8. The normalized spacial score (nSPS) is 11.1. The molecule has 2 aromatic heterocycles. The van der Waals surface area contributed by atoms with Gasteiger partial charge in [0.1, 0.15) is 11.5 Å². The maximum absolute atomic E-state index is 14.3. The first-order valence-electron chi connectivity index (χ1n) is 8.29. The summed E-state index contributed by atoms with van der Waals surface area (Å²) in [5.74, 6) is -0.243. The van der Waals surface area contributed by atoms with E-state index in [0.29, 0.717) is 24.7 Å². The Hall–Kier alpha value is -2.49. The van der Waals surface area contributed by atoms with Crippen molar-refractivity contribution >= 4 is 22.2 Å². The number of benzene rings is 1. The van der Waals surface area contributed by atoms with E-state index >= 15 is 0 Å². The van der Waals surface area contributed by atoms with E-state index < -0.39 is 15.7 Å². The van der Waals surface area contributed by atoms with Gasteiger partial charge in [-0.05, 0) is 32.2 Å². The first-order chi connectivity index (χ1) is 13.0. The minimum Gasteiger partial charge on any atom is -0.478 e. The number of pyridine rings is 1. The van der Waals surface area contributed by atoms with Crippen LogP contribution in [0.1, 0.15) is 12.6 Å². The highest BCUT2D eigenvalue weighted by Gasteiger charge is 2.26. The average molecular weight is 427 g/mol. The molecule has 0 bridgehead atoms. The lowest BCUT2D eigenvalue weighted by Crippen LogP contribution is -2.11. The Morgan fingerprint density at radius 3 is 2.57 bits per heavy atom. The summed E-state index contributed by atoms with van der Waals surface area (Å²) < 4.78 is 46.9. The summed E-state index contributed by atoms with van der Waals surface area (Å²) in [5.41, 5.74) is 0.524. The van der Waals surface area contributed by atoms with Crippen LogP contribution in [0.2, 0.25) is 0 Å². The van der Waals surface area contributed by atoms with Crippen LogP contribution in [0.3, 0.4) is 0 Å². The van der Waals surface area contributed by atoms with Gasteiger partial charge >= 0.3 is 0 Å². The lowest BCUT2D eigenvalue weighted by Gasteiger charge is -2.09. The van der Waals surface area contributed by atoms with E-state index in [1.807, 2.05) is 6.92 Å². The van der Waals surface area contributed by atoms with Crippen molar-refractivity contribution < 1.29 is 17.5 Å². The Bertz CT molecular complexity index is 1040. The molecule has 10 heteroatoms. The molecule has 1 N–H and O–H groups in total. The quantitative estimate of drug-likeness (QED) is 0.625. The topological polar surface area (TPSA) is 86.1 Å². The lowest BCUT2D eigenvalue weighted by atomic mass is 10.3. The third-order valence-electron chi connectivity index (χ3n) is 3.75. The van der Waals surface area contributed by atoms with Crippen molar-refractivity contribution in [3.05, 3.63) is 60.2 Å². The molecule has 0 amide bonds. The number of nitrogens with zero attached hydrogens (tertiary/aromatic N) is 3. The Morgan fingerprint density at radius 1 is 1.21 bits per heavy atom. The highest BCUT2D eigenvalue weighted by molar-refractivity contribution is 7.91. The Kier molecular flexibility index (Phi) is 7.11. The molecule has 0 saturated heterocycles. The largest absolute Gasteiger partial charge is 0.478 e. The minimum atomic E-state index is -3.98. The number of hydrogen-bond donors (Lipinski definition) is 1. The third-order valence-corrected chi connectivity index (χ3v) is 5.46. The van der Waals surface area contributed by atoms with Crippen LogP contribution in [0, 0.1) is 5.82 Å². The van der Waals surface area contributed by atoms with Gasteiger partial charge in [0.15, 0.2) is 5.03 Å². The standard InChI is InChI=1S/C18H19FN4O3S.ClH/c1-3-26-17-9-8-14(12-21-17)27(24,25)18-10-13(11-20-2)22-23(18)16-7-5-4-6-15(16)19;/h4-10,12,20H,3,11H2,1-2H3;1H. The summed E-state index contributed by atoms with van der Waals surface area (Å²) in [6, 6.07) is 10.2. The molecule has 0 atom stereocenters. The third kappa shape index (κ3) is 4.32. The van der Waals surface area contributed by atoms with Gasteiger partial charge in [-0.3, -0.25) is 0 Å². The van der Waals surface area contributed by atoms with Crippen molar-refractivity contribution in [2.75, 3.05) is 13.7 Å². The van der Waals surface area contributed by atoms with E-state index in [0.717, 1.165) is 4.68 Å². The molecule has 0 aliphatic heterocycles. The zero-order valence-corrected chi connectivity index (χ0v) is 16.9. The molecule has 3 rings (SSSR count). The van der Waals surface area contributed by atoms with Crippen LogP contribution in [0.5, 0.6) is 5.88 Å². The molecule has 2 heterocycles. The molecular formula is C18H20ClFN4O3S. The number of nitrogens with one attached hydrogen (secondary N) is 1. The predicted octanol–water partition coefficient (Wildman–Crippen LogP) is 2.78. The van der Waals surface area contributed by atoms with Crippen LogP contribution in [-0.4, -0.2) is 36.8 Å². The number of rotatable bonds is 7. The lowest BCUT2D eigenvalue weighted by molar-refractivity contribution is 0.326. The van der Waals surface area contributed by atoms with Gasteiger partial charge in [0.05, 0.1) is 17.2 Å². The average Bonchev–Trinajstić information content (AvgIpc) is 3.08. The van der Waals surface area contributed by atoms with Crippen molar-refractivity contribution in [3.63, 3.8) is 0 Å². The second kappa shape index (κ2) is 9.13. The Labute approximate surface area is 168 Å². The molecule has 150 valence electrons. The van der Waals surface area contributed by atoms with Gasteiger partial charge in [-0.25, -0.2) is 22.5 Å². The number of halogens is 2. The van der Waals surface area contributed by atoms with Gasteiger partial charge in [-0.2, -0.15) is 5.10 Å². The van der Waals surface area contributed by atoms with Crippen molar-refractivity contribution in [2.45, 2.75) is 23.4 Å². The Balaban J connectivity index is 0.00000280. The second-order valence-corrected chi connectivity index (χ2v) is 7.53. The summed E-state index contributed by atoms with van der Waals surface area (Å²) in [5, 5.41) is 7.03. The highest BCUT2D eigenvalue weighted by atomic mass is 35.5. The fraction of sp³-hybridized carbons (Fsp3) is 0.222. The zero-order valence-electron chi connectivity index (χ0n) is 15.3. The van der Waals surface area contributed by atoms with Gasteiger partial charge in [0.2, 0.25) is 15.7 Å². The molecule has 0 aliphatic carbocycles. The molecule has 1 aromatic carbocycles. The molecule has 0 saturated carbocycles. The maximum Gasteiger partial charge on any atom is 0.225 e.